The molecule has 0 saturated carbocycles. The highest BCUT2D eigenvalue weighted by molar-refractivity contribution is 7.91. The van der Waals surface area contributed by atoms with E-state index in [0.29, 0.717) is 43.7 Å². The van der Waals surface area contributed by atoms with Crippen LogP contribution in [0.15, 0.2) is 52.3 Å². The van der Waals surface area contributed by atoms with Gasteiger partial charge in [-0.1, -0.05) is 18.2 Å². The Balaban J connectivity index is 1.76. The van der Waals surface area contributed by atoms with Crippen LogP contribution in [-0.4, -0.2) is 58.5 Å². The topological polar surface area (TPSA) is 98.5 Å². The lowest BCUT2D eigenvalue weighted by molar-refractivity contribution is 0.278. The maximum atomic E-state index is 13.3. The Bertz CT molecular complexity index is 1170. The second-order valence-electron chi connectivity index (χ2n) is 7.54. The van der Waals surface area contributed by atoms with Crippen molar-refractivity contribution in [3.8, 4) is 6.07 Å². The molecule has 2 aromatic carbocycles. The van der Waals surface area contributed by atoms with Gasteiger partial charge in [0.15, 0.2) is 9.84 Å². The summed E-state index contributed by atoms with van der Waals surface area (Å²) < 4.78 is 51.7. The van der Waals surface area contributed by atoms with Crippen LogP contribution < -0.4 is 0 Å². The Morgan fingerprint density at radius 2 is 1.67 bits per heavy atom. The summed E-state index contributed by atoms with van der Waals surface area (Å²) >= 11 is 0. The quantitative estimate of drug-likeness (QED) is 0.697. The summed E-state index contributed by atoms with van der Waals surface area (Å²) in [7, 11) is -7.30. The number of hydrogen-bond acceptors (Lipinski definition) is 6. The summed E-state index contributed by atoms with van der Waals surface area (Å²) in [6, 6.07) is 13.7. The monoisotopic (exact) mass is 447 g/mol. The highest BCUT2D eigenvalue weighted by Gasteiger charge is 2.29. The minimum atomic E-state index is -3.80. The molecule has 1 aliphatic rings. The van der Waals surface area contributed by atoms with Gasteiger partial charge in [-0.05, 0) is 55.3 Å². The molecule has 1 heterocycles. The molecule has 7 nitrogen and oxygen atoms in total. The fourth-order valence-corrected chi connectivity index (χ4v) is 5.96. The van der Waals surface area contributed by atoms with Gasteiger partial charge in [0, 0.05) is 32.4 Å². The first-order chi connectivity index (χ1) is 14.1. The number of rotatable bonds is 5. The third kappa shape index (κ3) is 5.08. The van der Waals surface area contributed by atoms with Gasteiger partial charge in [-0.3, -0.25) is 4.90 Å². The molecule has 30 heavy (non-hydrogen) atoms. The Hall–Kier alpha value is -2.25. The zero-order valence-corrected chi connectivity index (χ0v) is 18.7. The molecule has 0 aliphatic carbocycles. The smallest absolute Gasteiger partial charge is 0.243 e. The Morgan fingerprint density at radius 1 is 0.967 bits per heavy atom. The van der Waals surface area contributed by atoms with Crippen LogP contribution in [-0.2, 0) is 26.4 Å². The van der Waals surface area contributed by atoms with Crippen LogP contribution in [0.25, 0.3) is 0 Å². The summed E-state index contributed by atoms with van der Waals surface area (Å²) in [4.78, 5) is 2.24. The molecule has 1 fully saturated rings. The molecule has 1 aliphatic heterocycles. The highest BCUT2D eigenvalue weighted by atomic mass is 32.2. The molecule has 0 radical (unpaired) electrons. The Morgan fingerprint density at radius 3 is 2.30 bits per heavy atom. The average molecular weight is 448 g/mol. The minimum absolute atomic E-state index is 0.00365. The molecule has 0 atom stereocenters. The molecule has 160 valence electrons. The zero-order valence-electron chi connectivity index (χ0n) is 17.1. The fourth-order valence-electron chi connectivity index (χ4n) is 3.52. The first kappa shape index (κ1) is 22.4. The molecule has 0 bridgehead atoms. The molecule has 0 aromatic heterocycles. The van der Waals surface area contributed by atoms with E-state index in [2.05, 4.69) is 11.0 Å². The second kappa shape index (κ2) is 8.86. The zero-order chi connectivity index (χ0) is 21.9. The predicted molar refractivity (Wildman–Crippen MR) is 114 cm³/mol. The van der Waals surface area contributed by atoms with E-state index in [1.807, 2.05) is 12.1 Å². The number of nitrogens with zero attached hydrogens (tertiary/aromatic N) is 3. The van der Waals surface area contributed by atoms with Crippen molar-refractivity contribution in [1.82, 2.24) is 9.21 Å². The molecular weight excluding hydrogens is 422 g/mol. The summed E-state index contributed by atoms with van der Waals surface area (Å²) in [5.41, 5.74) is 2.21. The lowest BCUT2D eigenvalue weighted by Crippen LogP contribution is -2.35. The normalized spacial score (nSPS) is 16.7. The van der Waals surface area contributed by atoms with Crippen molar-refractivity contribution in [2.75, 3.05) is 32.4 Å². The molecule has 2 aromatic rings. The van der Waals surface area contributed by atoms with Crippen LogP contribution in [0.4, 0.5) is 0 Å². The van der Waals surface area contributed by atoms with Crippen LogP contribution in [0.2, 0.25) is 0 Å². The third-order valence-corrected chi connectivity index (χ3v) is 8.39. The number of sulfonamides is 1. The van der Waals surface area contributed by atoms with Crippen LogP contribution in [0.5, 0.6) is 0 Å². The highest BCUT2D eigenvalue weighted by Crippen LogP contribution is 2.25. The van der Waals surface area contributed by atoms with E-state index in [4.69, 9.17) is 5.26 Å². The maximum Gasteiger partial charge on any atom is 0.243 e. The van der Waals surface area contributed by atoms with Gasteiger partial charge in [0.05, 0.1) is 21.4 Å². The Labute approximate surface area is 178 Å². The van der Waals surface area contributed by atoms with Crippen LogP contribution in [0.1, 0.15) is 23.1 Å². The minimum Gasteiger partial charge on any atom is -0.298 e. The van der Waals surface area contributed by atoms with Crippen LogP contribution >= 0.6 is 0 Å². The first-order valence-corrected chi connectivity index (χ1v) is 13.0. The fraction of sp³-hybridized carbons (Fsp3) is 0.381. The van der Waals surface area contributed by atoms with Gasteiger partial charge in [0.1, 0.15) is 0 Å². The number of aryl methyl sites for hydroxylation is 1. The van der Waals surface area contributed by atoms with Crippen molar-refractivity contribution in [3.05, 3.63) is 59.2 Å². The van der Waals surface area contributed by atoms with E-state index in [1.54, 1.807) is 19.1 Å². The van der Waals surface area contributed by atoms with Crippen molar-refractivity contribution < 1.29 is 16.8 Å². The van der Waals surface area contributed by atoms with Crippen molar-refractivity contribution in [2.24, 2.45) is 0 Å². The molecule has 3 rings (SSSR count). The number of hydrogen-bond donors (Lipinski definition) is 0. The lowest BCUT2D eigenvalue weighted by atomic mass is 10.1. The van der Waals surface area contributed by atoms with Gasteiger partial charge in [0.2, 0.25) is 10.0 Å². The van der Waals surface area contributed by atoms with Crippen molar-refractivity contribution in [2.45, 2.75) is 29.7 Å². The van der Waals surface area contributed by atoms with E-state index < -0.39 is 19.9 Å². The molecule has 1 saturated heterocycles. The maximum absolute atomic E-state index is 13.3. The molecule has 0 spiro atoms. The van der Waals surface area contributed by atoms with Gasteiger partial charge in [-0.15, -0.1) is 0 Å². The van der Waals surface area contributed by atoms with E-state index in [1.165, 1.54) is 22.5 Å². The van der Waals surface area contributed by atoms with E-state index in [-0.39, 0.29) is 9.79 Å². The van der Waals surface area contributed by atoms with E-state index in [0.717, 1.165) is 18.4 Å². The molecular formula is C21H25N3O4S2. The van der Waals surface area contributed by atoms with Crippen molar-refractivity contribution in [1.29, 1.82) is 5.26 Å². The van der Waals surface area contributed by atoms with Crippen LogP contribution in [0, 0.1) is 18.3 Å². The average Bonchev–Trinajstić information content (AvgIpc) is 2.94. The van der Waals surface area contributed by atoms with Gasteiger partial charge >= 0.3 is 0 Å². The lowest BCUT2D eigenvalue weighted by Gasteiger charge is -2.22. The SMILES string of the molecule is Cc1ccc(S(C)(=O)=O)cc1S(=O)(=O)N1CCCN(Cc2ccc(C#N)cc2)CC1. The third-order valence-electron chi connectivity index (χ3n) is 5.24. The molecule has 9 heteroatoms. The van der Waals surface area contributed by atoms with E-state index >= 15 is 0 Å². The predicted octanol–water partition coefficient (Wildman–Crippen LogP) is 2.17. The molecule has 0 N–H and O–H groups in total. The number of benzene rings is 2. The molecule has 0 unspecified atom stereocenters. The van der Waals surface area contributed by atoms with Gasteiger partial charge in [-0.2, -0.15) is 9.57 Å². The summed E-state index contributed by atoms with van der Waals surface area (Å²) in [6.07, 6.45) is 1.75. The Kier molecular flexibility index (Phi) is 6.62. The number of sulfone groups is 1. The first-order valence-electron chi connectivity index (χ1n) is 9.63. The van der Waals surface area contributed by atoms with Gasteiger partial charge < -0.3 is 0 Å². The summed E-state index contributed by atoms with van der Waals surface area (Å²) in [5, 5.41) is 8.91. The summed E-state index contributed by atoms with van der Waals surface area (Å²) in [5.74, 6) is 0. The largest absolute Gasteiger partial charge is 0.298 e. The van der Waals surface area contributed by atoms with Crippen molar-refractivity contribution >= 4 is 19.9 Å². The standard InChI is InChI=1S/C21H25N3O4S2/c1-17-4-9-20(29(2,25)26)14-21(17)30(27,28)24-11-3-10-23(12-13-24)16-19-7-5-18(15-22)6-8-19/h4-9,14H,3,10-13,16H2,1-2H3. The van der Waals surface area contributed by atoms with Gasteiger partial charge in [-0.25, -0.2) is 16.8 Å². The molecule has 0 amide bonds. The van der Waals surface area contributed by atoms with E-state index in [9.17, 15) is 16.8 Å². The van der Waals surface area contributed by atoms with Crippen LogP contribution in [0.3, 0.4) is 0 Å². The summed E-state index contributed by atoms with van der Waals surface area (Å²) in [6.45, 7) is 4.41. The van der Waals surface area contributed by atoms with Crippen molar-refractivity contribution in [3.63, 3.8) is 0 Å². The number of nitriles is 1. The van der Waals surface area contributed by atoms with Gasteiger partial charge in [0.25, 0.3) is 0 Å². The second-order valence-corrected chi connectivity index (χ2v) is 11.5.